The summed E-state index contributed by atoms with van der Waals surface area (Å²) in [6.07, 6.45) is 0. The summed E-state index contributed by atoms with van der Waals surface area (Å²) in [5, 5.41) is 7.30. The van der Waals surface area contributed by atoms with Crippen molar-refractivity contribution in [2.45, 2.75) is 25.9 Å². The molecule has 2 unspecified atom stereocenters. The minimum absolute atomic E-state index is 0.332. The van der Waals surface area contributed by atoms with Gasteiger partial charge in [0.2, 0.25) is 0 Å². The van der Waals surface area contributed by atoms with Crippen LogP contribution in [0.1, 0.15) is 22.8 Å². The van der Waals surface area contributed by atoms with E-state index in [4.69, 9.17) is 0 Å². The molecule has 19 heavy (non-hydrogen) atoms. The van der Waals surface area contributed by atoms with Crippen LogP contribution in [0.15, 0.2) is 24.3 Å². The van der Waals surface area contributed by atoms with Crippen LogP contribution in [0.4, 0.5) is 4.79 Å². The molecular weight excluding hydrogens is 246 g/mol. The maximum atomic E-state index is 12.1. The lowest BCUT2D eigenvalue weighted by Crippen LogP contribution is -2.65. The smallest absolute Gasteiger partial charge is 0.321 e. The average Bonchev–Trinajstić information content (AvgIpc) is 2.34. The lowest BCUT2D eigenvalue weighted by molar-refractivity contribution is -0.123. The van der Waals surface area contributed by atoms with Crippen LogP contribution in [0.5, 0.6) is 0 Å². The molecule has 1 heterocycles. The quantitative estimate of drug-likeness (QED) is 0.716. The second-order valence-corrected chi connectivity index (χ2v) is 4.52. The maximum Gasteiger partial charge on any atom is 0.321 e. The third kappa shape index (κ3) is 2.73. The van der Waals surface area contributed by atoms with Crippen molar-refractivity contribution in [1.29, 1.82) is 0 Å². The average molecular weight is 261 g/mol. The van der Waals surface area contributed by atoms with E-state index in [0.717, 1.165) is 5.56 Å². The molecule has 1 saturated heterocycles. The standard InChI is InChI=1S/C13H15N3O3/c1-7-5-3-4-6-9(7)11(17)15-10-8(2)14-13(19)16-12(10)18/h3-6,8,10H,1-2H3,(H,15,17)(H2,14,16,18,19). The molecule has 6 nitrogen and oxygen atoms in total. The fourth-order valence-corrected chi connectivity index (χ4v) is 1.98. The van der Waals surface area contributed by atoms with Crippen molar-refractivity contribution in [3.63, 3.8) is 0 Å². The second-order valence-electron chi connectivity index (χ2n) is 4.52. The number of rotatable bonds is 2. The predicted molar refractivity (Wildman–Crippen MR) is 68.6 cm³/mol. The largest absolute Gasteiger partial charge is 0.338 e. The minimum Gasteiger partial charge on any atom is -0.338 e. The van der Waals surface area contributed by atoms with Gasteiger partial charge in [0.15, 0.2) is 0 Å². The van der Waals surface area contributed by atoms with Gasteiger partial charge in [-0.1, -0.05) is 18.2 Å². The molecule has 3 N–H and O–H groups in total. The molecule has 0 radical (unpaired) electrons. The van der Waals surface area contributed by atoms with E-state index in [1.807, 2.05) is 19.1 Å². The van der Waals surface area contributed by atoms with E-state index in [1.165, 1.54) is 0 Å². The van der Waals surface area contributed by atoms with Gasteiger partial charge >= 0.3 is 6.03 Å². The van der Waals surface area contributed by atoms with Crippen LogP contribution in [0, 0.1) is 6.92 Å². The van der Waals surface area contributed by atoms with E-state index < -0.39 is 24.0 Å². The number of nitrogens with one attached hydrogen (secondary N) is 3. The first kappa shape index (κ1) is 13.1. The molecule has 1 aliphatic rings. The predicted octanol–water partition coefficient (Wildman–Crippen LogP) is 0.321. The molecule has 1 aromatic rings. The molecule has 100 valence electrons. The van der Waals surface area contributed by atoms with Gasteiger partial charge in [0.05, 0.1) is 6.04 Å². The summed E-state index contributed by atoms with van der Waals surface area (Å²) >= 11 is 0. The molecule has 2 rings (SSSR count). The molecule has 2 atom stereocenters. The summed E-state index contributed by atoms with van der Waals surface area (Å²) in [7, 11) is 0. The van der Waals surface area contributed by atoms with Gasteiger partial charge in [-0.25, -0.2) is 4.79 Å². The van der Waals surface area contributed by atoms with Gasteiger partial charge in [-0.2, -0.15) is 0 Å². The number of hydrogen-bond acceptors (Lipinski definition) is 3. The second kappa shape index (κ2) is 5.09. The van der Waals surface area contributed by atoms with Crippen molar-refractivity contribution >= 4 is 17.8 Å². The highest BCUT2D eigenvalue weighted by molar-refractivity contribution is 6.04. The van der Waals surface area contributed by atoms with Crippen LogP contribution in [0.25, 0.3) is 0 Å². The number of amides is 4. The van der Waals surface area contributed by atoms with E-state index in [2.05, 4.69) is 16.0 Å². The molecule has 1 fully saturated rings. The first-order valence-electron chi connectivity index (χ1n) is 5.97. The Morgan fingerprint density at radius 2 is 1.95 bits per heavy atom. The molecule has 0 aromatic heterocycles. The Morgan fingerprint density at radius 1 is 1.26 bits per heavy atom. The van der Waals surface area contributed by atoms with Crippen LogP contribution in [0.3, 0.4) is 0 Å². The first-order chi connectivity index (χ1) is 8.99. The summed E-state index contributed by atoms with van der Waals surface area (Å²) in [6.45, 7) is 3.49. The van der Waals surface area contributed by atoms with Crippen LogP contribution >= 0.6 is 0 Å². The van der Waals surface area contributed by atoms with Gasteiger partial charge in [0.25, 0.3) is 11.8 Å². The van der Waals surface area contributed by atoms with Crippen molar-refractivity contribution in [3.8, 4) is 0 Å². The van der Waals surface area contributed by atoms with E-state index in [0.29, 0.717) is 5.56 Å². The Morgan fingerprint density at radius 3 is 2.58 bits per heavy atom. The van der Waals surface area contributed by atoms with Crippen molar-refractivity contribution in [2.24, 2.45) is 0 Å². The van der Waals surface area contributed by atoms with Gasteiger partial charge < -0.3 is 10.6 Å². The van der Waals surface area contributed by atoms with Crippen molar-refractivity contribution < 1.29 is 14.4 Å². The Bertz CT molecular complexity index is 542. The lowest BCUT2D eigenvalue weighted by atomic mass is 10.0. The third-order valence-electron chi connectivity index (χ3n) is 3.05. The van der Waals surface area contributed by atoms with Gasteiger partial charge in [0.1, 0.15) is 6.04 Å². The van der Waals surface area contributed by atoms with Crippen LogP contribution in [-0.4, -0.2) is 29.9 Å². The summed E-state index contributed by atoms with van der Waals surface area (Å²) < 4.78 is 0. The summed E-state index contributed by atoms with van der Waals surface area (Å²) in [5.74, 6) is -0.834. The number of urea groups is 1. The van der Waals surface area contributed by atoms with Crippen LogP contribution < -0.4 is 16.0 Å². The molecule has 6 heteroatoms. The van der Waals surface area contributed by atoms with Gasteiger partial charge in [0, 0.05) is 5.56 Å². The zero-order chi connectivity index (χ0) is 14.0. The minimum atomic E-state index is -0.773. The Hall–Kier alpha value is -2.37. The Kier molecular flexibility index (Phi) is 3.50. The number of hydrogen-bond donors (Lipinski definition) is 3. The number of aryl methyl sites for hydroxylation is 1. The normalized spacial score (nSPS) is 22.4. The van der Waals surface area contributed by atoms with E-state index in [1.54, 1.807) is 19.1 Å². The van der Waals surface area contributed by atoms with E-state index >= 15 is 0 Å². The van der Waals surface area contributed by atoms with Gasteiger partial charge in [-0.3, -0.25) is 14.9 Å². The van der Waals surface area contributed by atoms with E-state index in [9.17, 15) is 14.4 Å². The number of imide groups is 1. The summed E-state index contributed by atoms with van der Waals surface area (Å²) in [6, 6.07) is 5.34. The maximum absolute atomic E-state index is 12.1. The molecule has 0 saturated carbocycles. The fraction of sp³-hybridized carbons (Fsp3) is 0.308. The zero-order valence-corrected chi connectivity index (χ0v) is 10.7. The van der Waals surface area contributed by atoms with Crippen molar-refractivity contribution in [3.05, 3.63) is 35.4 Å². The third-order valence-corrected chi connectivity index (χ3v) is 3.05. The SMILES string of the molecule is Cc1ccccc1C(=O)NC1C(=O)NC(=O)NC1C. The van der Waals surface area contributed by atoms with Gasteiger partial charge in [-0.05, 0) is 25.5 Å². The Labute approximate surface area is 110 Å². The molecule has 0 bridgehead atoms. The van der Waals surface area contributed by atoms with Crippen molar-refractivity contribution in [2.75, 3.05) is 0 Å². The molecule has 1 aliphatic heterocycles. The Balaban J connectivity index is 2.13. The molecule has 1 aromatic carbocycles. The number of carbonyl (C=O) groups is 3. The molecule has 0 spiro atoms. The van der Waals surface area contributed by atoms with Crippen LogP contribution in [0.2, 0.25) is 0 Å². The van der Waals surface area contributed by atoms with Gasteiger partial charge in [-0.15, -0.1) is 0 Å². The first-order valence-corrected chi connectivity index (χ1v) is 5.97. The highest BCUT2D eigenvalue weighted by Gasteiger charge is 2.33. The number of carbonyl (C=O) groups excluding carboxylic acids is 3. The van der Waals surface area contributed by atoms with E-state index in [-0.39, 0.29) is 5.91 Å². The summed E-state index contributed by atoms with van der Waals surface area (Å²) in [5.41, 5.74) is 1.34. The van der Waals surface area contributed by atoms with Crippen molar-refractivity contribution in [1.82, 2.24) is 16.0 Å². The highest BCUT2D eigenvalue weighted by Crippen LogP contribution is 2.08. The topological polar surface area (TPSA) is 87.3 Å². The lowest BCUT2D eigenvalue weighted by Gasteiger charge is -2.29. The highest BCUT2D eigenvalue weighted by atomic mass is 16.2. The number of benzene rings is 1. The van der Waals surface area contributed by atoms with Crippen LogP contribution in [-0.2, 0) is 4.79 Å². The monoisotopic (exact) mass is 261 g/mol. The molecular formula is C13H15N3O3. The zero-order valence-electron chi connectivity index (χ0n) is 10.7. The molecule has 4 amide bonds. The summed E-state index contributed by atoms with van der Waals surface area (Å²) in [4.78, 5) is 34.9. The fourth-order valence-electron chi connectivity index (χ4n) is 1.98. The molecule has 0 aliphatic carbocycles.